The SMILES string of the molecule is CCCNc1nc(Nc2cncc(F)c2)ncc1CCCNC(=O)[C@H](C)N(C)C(=O)/C=C/CN(C)C. The van der Waals surface area contributed by atoms with Crippen molar-refractivity contribution in [2.75, 3.05) is 51.4 Å². The third-order valence-electron chi connectivity index (χ3n) is 5.33. The number of hydrogen-bond donors (Lipinski definition) is 3. The second kappa shape index (κ2) is 14.7. The fourth-order valence-corrected chi connectivity index (χ4v) is 3.14. The van der Waals surface area contributed by atoms with Crippen LogP contribution < -0.4 is 16.0 Å². The first-order chi connectivity index (χ1) is 17.2. The number of nitrogens with zero attached hydrogens (tertiary/aromatic N) is 5. The minimum Gasteiger partial charge on any atom is -0.370 e. The number of hydrogen-bond acceptors (Lipinski definition) is 8. The van der Waals surface area contributed by atoms with Crippen LogP contribution >= 0.6 is 0 Å². The van der Waals surface area contributed by atoms with Crippen molar-refractivity contribution in [2.24, 2.45) is 0 Å². The summed E-state index contributed by atoms with van der Waals surface area (Å²) in [5.41, 5.74) is 1.37. The van der Waals surface area contributed by atoms with Crippen LogP contribution in [0.1, 0.15) is 32.3 Å². The molecule has 0 aliphatic rings. The monoisotopic (exact) mass is 500 g/mol. The quantitative estimate of drug-likeness (QED) is 0.268. The molecule has 11 heteroatoms. The number of carbonyl (C=O) groups is 2. The molecule has 0 fully saturated rings. The lowest BCUT2D eigenvalue weighted by molar-refractivity contribution is -0.135. The first-order valence-corrected chi connectivity index (χ1v) is 12.0. The molecule has 0 aliphatic heterocycles. The summed E-state index contributed by atoms with van der Waals surface area (Å²) in [6.45, 7) is 5.60. The van der Waals surface area contributed by atoms with E-state index in [1.807, 2.05) is 19.0 Å². The van der Waals surface area contributed by atoms with E-state index in [9.17, 15) is 14.0 Å². The maximum Gasteiger partial charge on any atom is 0.246 e. The number of likely N-dealkylation sites (N-methyl/N-ethyl adjacent to an activating group) is 2. The van der Waals surface area contributed by atoms with Gasteiger partial charge in [-0.15, -0.1) is 0 Å². The first kappa shape index (κ1) is 28.6. The highest BCUT2D eigenvalue weighted by molar-refractivity contribution is 5.92. The molecule has 2 aromatic heterocycles. The lowest BCUT2D eigenvalue weighted by Crippen LogP contribution is -2.45. The highest BCUT2D eigenvalue weighted by Crippen LogP contribution is 2.19. The maximum absolute atomic E-state index is 13.4. The molecule has 0 unspecified atom stereocenters. The van der Waals surface area contributed by atoms with Gasteiger partial charge in [0.05, 0.1) is 18.1 Å². The van der Waals surface area contributed by atoms with Crippen LogP contribution in [0, 0.1) is 5.82 Å². The topological polar surface area (TPSA) is 115 Å². The smallest absolute Gasteiger partial charge is 0.246 e. The number of nitrogens with one attached hydrogen (secondary N) is 3. The molecule has 0 saturated carbocycles. The summed E-state index contributed by atoms with van der Waals surface area (Å²) in [6, 6.07) is 0.729. The van der Waals surface area contributed by atoms with Gasteiger partial charge < -0.3 is 25.8 Å². The zero-order chi connectivity index (χ0) is 26.5. The summed E-state index contributed by atoms with van der Waals surface area (Å²) in [6.07, 6.45) is 9.83. The number of halogens is 1. The first-order valence-electron chi connectivity index (χ1n) is 12.0. The average molecular weight is 501 g/mol. The lowest BCUT2D eigenvalue weighted by atomic mass is 10.1. The van der Waals surface area contributed by atoms with Crippen molar-refractivity contribution >= 4 is 29.3 Å². The van der Waals surface area contributed by atoms with Crippen LogP contribution in [0.25, 0.3) is 0 Å². The Kier molecular flexibility index (Phi) is 11.7. The Labute approximate surface area is 212 Å². The maximum atomic E-state index is 13.4. The van der Waals surface area contributed by atoms with Crippen LogP contribution in [0.15, 0.2) is 36.8 Å². The van der Waals surface area contributed by atoms with Gasteiger partial charge in [-0.3, -0.25) is 14.6 Å². The molecule has 3 N–H and O–H groups in total. The lowest BCUT2D eigenvalue weighted by Gasteiger charge is -2.23. The number of amides is 2. The molecular weight excluding hydrogens is 463 g/mol. The van der Waals surface area contributed by atoms with Crippen molar-refractivity contribution in [3.63, 3.8) is 0 Å². The molecule has 0 radical (unpaired) electrons. The predicted octanol–water partition coefficient (Wildman–Crippen LogP) is 2.59. The number of aryl methyl sites for hydroxylation is 1. The van der Waals surface area contributed by atoms with Crippen molar-refractivity contribution in [2.45, 2.75) is 39.2 Å². The fourth-order valence-electron chi connectivity index (χ4n) is 3.14. The van der Waals surface area contributed by atoms with E-state index >= 15 is 0 Å². The number of aromatic nitrogens is 3. The summed E-state index contributed by atoms with van der Waals surface area (Å²) >= 11 is 0. The number of pyridine rings is 1. The van der Waals surface area contributed by atoms with Gasteiger partial charge in [0, 0.05) is 50.6 Å². The Morgan fingerprint density at radius 2 is 1.94 bits per heavy atom. The highest BCUT2D eigenvalue weighted by atomic mass is 19.1. The summed E-state index contributed by atoms with van der Waals surface area (Å²) in [4.78, 5) is 40.8. The van der Waals surface area contributed by atoms with E-state index < -0.39 is 11.9 Å². The van der Waals surface area contributed by atoms with Crippen LogP contribution in [0.3, 0.4) is 0 Å². The normalized spacial score (nSPS) is 12.0. The van der Waals surface area contributed by atoms with Gasteiger partial charge in [-0.2, -0.15) is 4.98 Å². The van der Waals surface area contributed by atoms with Crippen LogP contribution in [-0.2, 0) is 16.0 Å². The van der Waals surface area contributed by atoms with E-state index in [0.717, 1.165) is 24.7 Å². The van der Waals surface area contributed by atoms with E-state index in [4.69, 9.17) is 0 Å². The predicted molar refractivity (Wildman–Crippen MR) is 140 cm³/mol. The minimum absolute atomic E-state index is 0.212. The largest absolute Gasteiger partial charge is 0.370 e. The summed E-state index contributed by atoms with van der Waals surface area (Å²) in [7, 11) is 5.45. The van der Waals surface area contributed by atoms with Crippen molar-refractivity contribution in [3.8, 4) is 0 Å². The molecule has 2 amide bonds. The van der Waals surface area contributed by atoms with Crippen LogP contribution in [-0.4, -0.2) is 83.4 Å². The molecule has 0 bridgehead atoms. The molecule has 10 nitrogen and oxygen atoms in total. The summed E-state index contributed by atoms with van der Waals surface area (Å²) in [5.74, 6) is 0.142. The molecule has 0 aliphatic carbocycles. The van der Waals surface area contributed by atoms with E-state index in [-0.39, 0.29) is 11.8 Å². The van der Waals surface area contributed by atoms with E-state index in [1.165, 1.54) is 23.2 Å². The Bertz CT molecular complexity index is 1030. The number of rotatable bonds is 14. The molecule has 0 aromatic carbocycles. The van der Waals surface area contributed by atoms with Gasteiger partial charge in [0.15, 0.2) is 0 Å². The van der Waals surface area contributed by atoms with Gasteiger partial charge in [-0.25, -0.2) is 9.37 Å². The third kappa shape index (κ3) is 9.57. The molecule has 0 saturated heterocycles. The molecule has 1 atom stereocenters. The van der Waals surface area contributed by atoms with Crippen molar-refractivity contribution < 1.29 is 14.0 Å². The molecule has 2 rings (SSSR count). The Morgan fingerprint density at radius 3 is 2.64 bits per heavy atom. The Hall–Kier alpha value is -3.60. The van der Waals surface area contributed by atoms with Crippen molar-refractivity contribution in [1.29, 1.82) is 0 Å². The molecular formula is C25H37FN8O2. The zero-order valence-corrected chi connectivity index (χ0v) is 21.7. The minimum atomic E-state index is -0.589. The van der Waals surface area contributed by atoms with Crippen LogP contribution in [0.5, 0.6) is 0 Å². The van der Waals surface area contributed by atoms with Crippen molar-refractivity contribution in [1.82, 2.24) is 30.1 Å². The zero-order valence-electron chi connectivity index (χ0n) is 21.7. The van der Waals surface area contributed by atoms with E-state index in [2.05, 4.69) is 37.8 Å². The van der Waals surface area contributed by atoms with Crippen LogP contribution in [0.2, 0.25) is 0 Å². The van der Waals surface area contributed by atoms with E-state index in [1.54, 1.807) is 26.2 Å². The summed E-state index contributed by atoms with van der Waals surface area (Å²) < 4.78 is 13.4. The van der Waals surface area contributed by atoms with Gasteiger partial charge in [0.2, 0.25) is 17.8 Å². The molecule has 2 aromatic rings. The van der Waals surface area contributed by atoms with Gasteiger partial charge in [0.25, 0.3) is 0 Å². The molecule has 196 valence electrons. The van der Waals surface area contributed by atoms with Crippen molar-refractivity contribution in [3.05, 3.63) is 48.2 Å². The molecule has 36 heavy (non-hydrogen) atoms. The van der Waals surface area contributed by atoms with Gasteiger partial charge in [0.1, 0.15) is 17.7 Å². The average Bonchev–Trinajstić information content (AvgIpc) is 2.84. The van der Waals surface area contributed by atoms with Gasteiger partial charge >= 0.3 is 0 Å². The second-order valence-electron chi connectivity index (χ2n) is 8.70. The van der Waals surface area contributed by atoms with Gasteiger partial charge in [-0.1, -0.05) is 13.0 Å². The molecule has 0 spiro atoms. The Balaban J connectivity index is 1.90. The van der Waals surface area contributed by atoms with Crippen LogP contribution in [0.4, 0.5) is 21.8 Å². The van der Waals surface area contributed by atoms with E-state index in [0.29, 0.717) is 43.4 Å². The fraction of sp³-hybridized carbons (Fsp3) is 0.480. The second-order valence-corrected chi connectivity index (χ2v) is 8.70. The third-order valence-corrected chi connectivity index (χ3v) is 5.33. The number of carbonyl (C=O) groups excluding carboxylic acids is 2. The highest BCUT2D eigenvalue weighted by Gasteiger charge is 2.20. The summed E-state index contributed by atoms with van der Waals surface area (Å²) in [5, 5.41) is 9.15. The Morgan fingerprint density at radius 1 is 1.17 bits per heavy atom. The standard InChI is InChI=1S/C25H37FN8O2/c1-6-11-28-23-19(15-30-25(32-23)31-21-14-20(26)16-27-17-21)9-7-12-29-24(36)18(2)34(5)22(35)10-8-13-33(3)4/h8,10,14-18H,6-7,9,11-13H2,1-5H3,(H,29,36)(H2,28,30,31,32)/b10-8+/t18-/m0/s1. The van der Waals surface area contributed by atoms with Gasteiger partial charge in [-0.05, 0) is 40.3 Å². The molecule has 2 heterocycles. The number of anilines is 3.